The lowest BCUT2D eigenvalue weighted by molar-refractivity contribution is 0.619. The fourth-order valence-corrected chi connectivity index (χ4v) is 3.24. The van der Waals surface area contributed by atoms with Gasteiger partial charge in [-0.25, -0.2) is 4.39 Å². The highest BCUT2D eigenvalue weighted by molar-refractivity contribution is 14.1. The number of hydrogen-bond donors (Lipinski definition) is 2. The maximum absolute atomic E-state index is 13.6. The van der Waals surface area contributed by atoms with Crippen molar-refractivity contribution in [3.8, 4) is 0 Å². The van der Waals surface area contributed by atoms with Gasteiger partial charge in [0.1, 0.15) is 5.82 Å². The Hall–Kier alpha value is -0.820. The Morgan fingerprint density at radius 3 is 2.89 bits per heavy atom. The molecule has 1 heterocycles. The van der Waals surface area contributed by atoms with Crippen LogP contribution in [0.15, 0.2) is 29.6 Å². The molecule has 19 heavy (non-hydrogen) atoms. The zero-order valence-electron chi connectivity index (χ0n) is 10.6. The molecule has 0 aliphatic rings. The quantitative estimate of drug-likeness (QED) is 0.555. The zero-order valence-corrected chi connectivity index (χ0v) is 13.6. The first kappa shape index (κ1) is 14.6. The van der Waals surface area contributed by atoms with Crippen molar-refractivity contribution in [3.63, 3.8) is 0 Å². The Balaban J connectivity index is 2.24. The highest BCUT2D eigenvalue weighted by Gasteiger charge is 2.14. The average molecular weight is 390 g/mol. The molecule has 2 nitrogen and oxygen atoms in total. The van der Waals surface area contributed by atoms with E-state index in [9.17, 15) is 4.39 Å². The van der Waals surface area contributed by atoms with Crippen molar-refractivity contribution in [2.75, 3.05) is 11.1 Å². The van der Waals surface area contributed by atoms with E-state index in [1.807, 2.05) is 28.7 Å². The zero-order chi connectivity index (χ0) is 13.8. The van der Waals surface area contributed by atoms with Crippen molar-refractivity contribution < 1.29 is 4.39 Å². The molecule has 0 amide bonds. The first-order chi connectivity index (χ1) is 9.11. The lowest BCUT2D eigenvalue weighted by atomic mass is 10.1. The summed E-state index contributed by atoms with van der Waals surface area (Å²) >= 11 is 3.65. The normalized spacial score (nSPS) is 12.4. The highest BCUT2D eigenvalue weighted by Crippen LogP contribution is 2.31. The van der Waals surface area contributed by atoms with E-state index in [1.165, 1.54) is 10.9 Å². The number of nitrogen functional groups attached to an aromatic ring is 1. The second-order valence-corrected chi connectivity index (χ2v) is 6.50. The first-order valence-corrected chi connectivity index (χ1v) is 8.12. The third-order valence-electron chi connectivity index (χ3n) is 2.89. The summed E-state index contributed by atoms with van der Waals surface area (Å²) in [5.74, 6) is -0.237. The molecule has 0 aliphatic carbocycles. The van der Waals surface area contributed by atoms with Gasteiger partial charge >= 0.3 is 0 Å². The predicted molar refractivity (Wildman–Crippen MR) is 89.1 cm³/mol. The van der Waals surface area contributed by atoms with E-state index >= 15 is 0 Å². The molecule has 0 spiro atoms. The van der Waals surface area contributed by atoms with Gasteiger partial charge in [0.25, 0.3) is 0 Å². The Morgan fingerprint density at radius 2 is 2.26 bits per heavy atom. The topological polar surface area (TPSA) is 38.0 Å². The fraction of sp³-hybridized carbons (Fsp3) is 0.286. The average Bonchev–Trinajstić information content (AvgIpc) is 2.89. The second-order valence-electron chi connectivity index (χ2n) is 4.35. The van der Waals surface area contributed by atoms with E-state index < -0.39 is 0 Å². The highest BCUT2D eigenvalue weighted by atomic mass is 127. The number of anilines is 2. The maximum atomic E-state index is 13.6. The van der Waals surface area contributed by atoms with Crippen molar-refractivity contribution in [2.24, 2.45) is 0 Å². The van der Waals surface area contributed by atoms with E-state index in [-0.39, 0.29) is 11.9 Å². The SMILES string of the molecule is CCCC(Nc1cc(F)c(I)cc1N)c1cccs1. The van der Waals surface area contributed by atoms with Gasteiger partial charge in [0.2, 0.25) is 0 Å². The minimum absolute atomic E-state index is 0.187. The van der Waals surface area contributed by atoms with Crippen molar-refractivity contribution in [3.05, 3.63) is 43.9 Å². The summed E-state index contributed by atoms with van der Waals surface area (Å²) in [6, 6.07) is 7.45. The van der Waals surface area contributed by atoms with E-state index in [2.05, 4.69) is 23.7 Å². The first-order valence-electron chi connectivity index (χ1n) is 6.16. The smallest absolute Gasteiger partial charge is 0.138 e. The van der Waals surface area contributed by atoms with Crippen LogP contribution in [0.2, 0.25) is 0 Å². The number of benzene rings is 1. The van der Waals surface area contributed by atoms with E-state index in [0.29, 0.717) is 14.9 Å². The molecule has 1 atom stereocenters. The van der Waals surface area contributed by atoms with Gasteiger partial charge in [-0.3, -0.25) is 0 Å². The minimum atomic E-state index is -0.237. The van der Waals surface area contributed by atoms with Gasteiger partial charge in [-0.2, -0.15) is 0 Å². The molecule has 3 N–H and O–H groups in total. The number of hydrogen-bond acceptors (Lipinski definition) is 3. The van der Waals surface area contributed by atoms with Crippen molar-refractivity contribution in [1.29, 1.82) is 0 Å². The molecule has 2 rings (SSSR count). The number of thiophene rings is 1. The molecule has 102 valence electrons. The van der Waals surface area contributed by atoms with Gasteiger partial charge in [-0.1, -0.05) is 19.4 Å². The van der Waals surface area contributed by atoms with Crippen LogP contribution in [-0.2, 0) is 0 Å². The van der Waals surface area contributed by atoms with E-state index in [4.69, 9.17) is 5.73 Å². The molecule has 0 radical (unpaired) electrons. The number of nitrogens with one attached hydrogen (secondary N) is 1. The standard InChI is InChI=1S/C14H16FIN2S/c1-2-4-12(14-5-3-6-19-14)18-13-7-9(15)10(16)8-11(13)17/h3,5-8,12,18H,2,4,17H2,1H3. The fourth-order valence-electron chi connectivity index (χ4n) is 1.94. The Morgan fingerprint density at radius 1 is 1.47 bits per heavy atom. The molecule has 1 unspecified atom stereocenters. The molecule has 0 saturated heterocycles. The summed E-state index contributed by atoms with van der Waals surface area (Å²) in [6.45, 7) is 2.14. The molecular weight excluding hydrogens is 374 g/mol. The molecule has 0 aliphatic heterocycles. The van der Waals surface area contributed by atoms with Gasteiger partial charge < -0.3 is 11.1 Å². The molecule has 0 fully saturated rings. The summed E-state index contributed by atoms with van der Waals surface area (Å²) in [7, 11) is 0. The summed E-state index contributed by atoms with van der Waals surface area (Å²) in [4.78, 5) is 1.25. The lowest BCUT2D eigenvalue weighted by Crippen LogP contribution is -2.11. The van der Waals surface area contributed by atoms with Crippen LogP contribution in [0.4, 0.5) is 15.8 Å². The third-order valence-corrected chi connectivity index (χ3v) is 4.70. The molecule has 0 bridgehead atoms. The van der Waals surface area contributed by atoms with E-state index in [1.54, 1.807) is 17.4 Å². The van der Waals surface area contributed by atoms with Crippen LogP contribution in [0.1, 0.15) is 30.7 Å². The van der Waals surface area contributed by atoms with Gasteiger partial charge in [0.15, 0.2) is 0 Å². The Kier molecular flexibility index (Phi) is 5.04. The predicted octanol–water partition coefficient (Wildman–Crippen LogP) is 5.03. The summed E-state index contributed by atoms with van der Waals surface area (Å²) < 4.78 is 14.2. The van der Waals surface area contributed by atoms with Gasteiger partial charge in [0, 0.05) is 10.9 Å². The molecule has 1 aromatic carbocycles. The molecule has 1 aromatic heterocycles. The van der Waals surface area contributed by atoms with Crippen LogP contribution in [-0.4, -0.2) is 0 Å². The number of rotatable bonds is 5. The summed E-state index contributed by atoms with van der Waals surface area (Å²) in [6.07, 6.45) is 2.05. The van der Waals surface area contributed by atoms with Crippen LogP contribution in [0.5, 0.6) is 0 Å². The van der Waals surface area contributed by atoms with Crippen LogP contribution in [0.25, 0.3) is 0 Å². The van der Waals surface area contributed by atoms with Crippen LogP contribution in [0.3, 0.4) is 0 Å². The maximum Gasteiger partial charge on any atom is 0.138 e. The van der Waals surface area contributed by atoms with Crippen LogP contribution in [0, 0.1) is 9.39 Å². The monoisotopic (exact) mass is 390 g/mol. The van der Waals surface area contributed by atoms with Crippen LogP contribution >= 0.6 is 33.9 Å². The summed E-state index contributed by atoms with van der Waals surface area (Å²) in [5, 5.41) is 5.41. The number of nitrogens with two attached hydrogens (primary N) is 1. The third kappa shape index (κ3) is 3.60. The summed E-state index contributed by atoms with van der Waals surface area (Å²) in [5.41, 5.74) is 7.22. The largest absolute Gasteiger partial charge is 0.397 e. The van der Waals surface area contributed by atoms with Crippen molar-refractivity contribution in [1.82, 2.24) is 0 Å². The molecule has 0 saturated carbocycles. The van der Waals surface area contributed by atoms with Gasteiger partial charge in [-0.15, -0.1) is 11.3 Å². The molecular formula is C14H16FIN2S. The van der Waals surface area contributed by atoms with Gasteiger partial charge in [-0.05, 0) is 46.5 Å². The lowest BCUT2D eigenvalue weighted by Gasteiger charge is -2.19. The van der Waals surface area contributed by atoms with Crippen molar-refractivity contribution in [2.45, 2.75) is 25.8 Å². The molecule has 5 heteroatoms. The molecule has 2 aromatic rings. The number of halogens is 2. The van der Waals surface area contributed by atoms with Crippen LogP contribution < -0.4 is 11.1 Å². The minimum Gasteiger partial charge on any atom is -0.397 e. The van der Waals surface area contributed by atoms with Crippen molar-refractivity contribution >= 4 is 45.3 Å². The van der Waals surface area contributed by atoms with E-state index in [0.717, 1.165) is 12.8 Å². The van der Waals surface area contributed by atoms with Gasteiger partial charge in [0.05, 0.1) is 21.0 Å². The Labute approximate surface area is 130 Å². The Bertz CT molecular complexity index is 543. The second kappa shape index (κ2) is 6.56.